The Morgan fingerprint density at radius 3 is 2.91 bits per heavy atom. The summed E-state index contributed by atoms with van der Waals surface area (Å²) in [5.74, 6) is 0.816. The molecule has 2 fully saturated rings. The standard InChI is InChI=1S/C14H14N4O3S/c19-12-8-17(4-5-18(12)14-15-3-6-22-14)13(20)10-7-11(21-16-10)9-1-2-9/h3,6-7,9H,1-2,4-5,8H2. The van der Waals surface area contributed by atoms with Gasteiger partial charge in [0.2, 0.25) is 5.91 Å². The Morgan fingerprint density at radius 1 is 1.36 bits per heavy atom. The molecule has 0 spiro atoms. The predicted molar refractivity (Wildman–Crippen MR) is 78.8 cm³/mol. The van der Waals surface area contributed by atoms with E-state index in [4.69, 9.17) is 4.52 Å². The van der Waals surface area contributed by atoms with E-state index >= 15 is 0 Å². The smallest absolute Gasteiger partial charge is 0.276 e. The lowest BCUT2D eigenvalue weighted by Crippen LogP contribution is -2.52. The van der Waals surface area contributed by atoms with Gasteiger partial charge in [0.05, 0.1) is 0 Å². The van der Waals surface area contributed by atoms with E-state index in [1.807, 2.05) is 5.38 Å². The van der Waals surface area contributed by atoms with E-state index < -0.39 is 0 Å². The first-order valence-corrected chi connectivity index (χ1v) is 8.06. The summed E-state index contributed by atoms with van der Waals surface area (Å²) < 4.78 is 5.21. The number of piperazine rings is 1. The minimum absolute atomic E-state index is 0.0457. The van der Waals surface area contributed by atoms with Gasteiger partial charge in [-0.05, 0) is 12.8 Å². The highest BCUT2D eigenvalue weighted by atomic mass is 32.1. The molecule has 2 aliphatic rings. The topological polar surface area (TPSA) is 79.5 Å². The second-order valence-corrected chi connectivity index (χ2v) is 6.35. The van der Waals surface area contributed by atoms with E-state index in [-0.39, 0.29) is 24.1 Å². The Kier molecular flexibility index (Phi) is 3.18. The molecule has 0 unspecified atom stereocenters. The quantitative estimate of drug-likeness (QED) is 0.857. The van der Waals surface area contributed by atoms with Gasteiger partial charge in [-0.15, -0.1) is 11.3 Å². The van der Waals surface area contributed by atoms with Crippen molar-refractivity contribution in [3.63, 3.8) is 0 Å². The molecule has 114 valence electrons. The van der Waals surface area contributed by atoms with Gasteiger partial charge in [0.25, 0.3) is 5.91 Å². The summed E-state index contributed by atoms with van der Waals surface area (Å²) in [5.41, 5.74) is 0.289. The molecule has 2 aromatic heterocycles. The zero-order valence-electron chi connectivity index (χ0n) is 11.8. The van der Waals surface area contributed by atoms with Crippen molar-refractivity contribution in [2.24, 2.45) is 0 Å². The lowest BCUT2D eigenvalue weighted by Gasteiger charge is -2.32. The number of carbonyl (C=O) groups is 2. The highest BCUT2D eigenvalue weighted by Crippen LogP contribution is 2.40. The molecule has 1 aliphatic carbocycles. The number of amides is 2. The Labute approximate surface area is 130 Å². The fourth-order valence-electron chi connectivity index (χ4n) is 2.51. The molecule has 8 heteroatoms. The number of nitrogens with zero attached hydrogens (tertiary/aromatic N) is 4. The predicted octanol–water partition coefficient (Wildman–Crippen LogP) is 1.50. The lowest BCUT2D eigenvalue weighted by molar-refractivity contribution is -0.120. The molecule has 2 amide bonds. The molecule has 1 saturated carbocycles. The van der Waals surface area contributed by atoms with Crippen molar-refractivity contribution in [3.8, 4) is 0 Å². The number of hydrogen-bond acceptors (Lipinski definition) is 6. The van der Waals surface area contributed by atoms with Crippen LogP contribution in [0.1, 0.15) is 35.0 Å². The molecular formula is C14H14N4O3S. The van der Waals surface area contributed by atoms with Crippen molar-refractivity contribution in [1.29, 1.82) is 0 Å². The van der Waals surface area contributed by atoms with Crippen LogP contribution in [0.4, 0.5) is 5.13 Å². The van der Waals surface area contributed by atoms with Crippen LogP contribution < -0.4 is 4.90 Å². The van der Waals surface area contributed by atoms with Crippen molar-refractivity contribution in [2.45, 2.75) is 18.8 Å². The highest BCUT2D eigenvalue weighted by Gasteiger charge is 2.33. The summed E-state index contributed by atoms with van der Waals surface area (Å²) in [6.45, 7) is 0.964. The van der Waals surface area contributed by atoms with E-state index in [0.29, 0.717) is 24.1 Å². The first kappa shape index (κ1) is 13.4. The van der Waals surface area contributed by atoms with Gasteiger partial charge in [0.15, 0.2) is 10.8 Å². The minimum atomic E-state index is -0.247. The number of aromatic nitrogens is 2. The maximum absolute atomic E-state index is 12.4. The first-order chi connectivity index (χ1) is 10.7. The van der Waals surface area contributed by atoms with Gasteiger partial charge in [-0.2, -0.15) is 0 Å². The van der Waals surface area contributed by atoms with E-state index in [0.717, 1.165) is 18.6 Å². The van der Waals surface area contributed by atoms with Crippen molar-refractivity contribution >= 4 is 28.3 Å². The van der Waals surface area contributed by atoms with E-state index in [2.05, 4.69) is 10.1 Å². The third-order valence-corrected chi connectivity index (χ3v) is 4.68. The second kappa shape index (κ2) is 5.20. The van der Waals surface area contributed by atoms with Crippen LogP contribution in [-0.2, 0) is 4.79 Å². The molecule has 0 N–H and O–H groups in total. The minimum Gasteiger partial charge on any atom is -0.360 e. The van der Waals surface area contributed by atoms with Crippen LogP contribution in [0, 0.1) is 0 Å². The van der Waals surface area contributed by atoms with Gasteiger partial charge >= 0.3 is 0 Å². The summed E-state index contributed by atoms with van der Waals surface area (Å²) in [6, 6.07) is 1.71. The first-order valence-electron chi connectivity index (χ1n) is 7.18. The number of thiazole rings is 1. The summed E-state index contributed by atoms with van der Waals surface area (Å²) in [7, 11) is 0. The van der Waals surface area contributed by atoms with E-state index in [9.17, 15) is 9.59 Å². The van der Waals surface area contributed by atoms with Crippen LogP contribution in [0.5, 0.6) is 0 Å². The number of anilines is 1. The fourth-order valence-corrected chi connectivity index (χ4v) is 3.20. The Balaban J connectivity index is 1.45. The van der Waals surface area contributed by atoms with Gasteiger partial charge in [-0.3, -0.25) is 14.5 Å². The van der Waals surface area contributed by atoms with Crippen molar-refractivity contribution in [2.75, 3.05) is 24.5 Å². The molecule has 0 atom stereocenters. The van der Waals surface area contributed by atoms with Crippen LogP contribution in [0.3, 0.4) is 0 Å². The third kappa shape index (κ3) is 2.39. The number of rotatable bonds is 3. The molecule has 3 heterocycles. The molecular weight excluding hydrogens is 304 g/mol. The second-order valence-electron chi connectivity index (χ2n) is 5.48. The Hall–Kier alpha value is -2.22. The molecule has 4 rings (SSSR count). The van der Waals surface area contributed by atoms with Gasteiger partial charge < -0.3 is 9.42 Å². The van der Waals surface area contributed by atoms with Gasteiger partial charge in [-0.25, -0.2) is 4.98 Å². The maximum Gasteiger partial charge on any atom is 0.276 e. The fraction of sp³-hybridized carbons (Fsp3) is 0.429. The molecule has 1 saturated heterocycles. The van der Waals surface area contributed by atoms with Crippen molar-refractivity contribution < 1.29 is 14.1 Å². The third-order valence-electron chi connectivity index (χ3n) is 3.89. The van der Waals surface area contributed by atoms with Crippen LogP contribution in [-0.4, -0.2) is 46.5 Å². The Bertz CT molecular complexity index is 708. The van der Waals surface area contributed by atoms with Crippen LogP contribution >= 0.6 is 11.3 Å². The SMILES string of the molecule is O=C(c1cc(C2CC2)on1)N1CCN(c2nccs2)C(=O)C1. The van der Waals surface area contributed by atoms with Gasteiger partial charge in [0, 0.05) is 36.7 Å². The molecule has 1 aliphatic heterocycles. The summed E-state index contributed by atoms with van der Waals surface area (Å²) in [6.07, 6.45) is 3.85. The monoisotopic (exact) mass is 318 g/mol. The average molecular weight is 318 g/mol. The van der Waals surface area contributed by atoms with Gasteiger partial charge in [-0.1, -0.05) is 5.16 Å². The molecule has 0 radical (unpaired) electrons. The summed E-state index contributed by atoms with van der Waals surface area (Å²) >= 11 is 1.42. The number of hydrogen-bond donors (Lipinski definition) is 0. The Morgan fingerprint density at radius 2 is 2.23 bits per heavy atom. The molecule has 0 bridgehead atoms. The zero-order valence-corrected chi connectivity index (χ0v) is 12.6. The van der Waals surface area contributed by atoms with E-state index in [1.165, 1.54) is 16.2 Å². The zero-order chi connectivity index (χ0) is 15.1. The largest absolute Gasteiger partial charge is 0.360 e. The molecule has 2 aromatic rings. The lowest BCUT2D eigenvalue weighted by atomic mass is 10.2. The maximum atomic E-state index is 12.4. The van der Waals surface area contributed by atoms with E-state index in [1.54, 1.807) is 17.2 Å². The van der Waals surface area contributed by atoms with Crippen LogP contribution in [0.25, 0.3) is 0 Å². The highest BCUT2D eigenvalue weighted by molar-refractivity contribution is 7.13. The normalized spacial score (nSPS) is 18.8. The summed E-state index contributed by atoms with van der Waals surface area (Å²) in [5, 5.41) is 6.35. The van der Waals surface area contributed by atoms with Crippen molar-refractivity contribution in [1.82, 2.24) is 15.0 Å². The van der Waals surface area contributed by atoms with Gasteiger partial charge in [0.1, 0.15) is 12.3 Å². The van der Waals surface area contributed by atoms with Crippen molar-refractivity contribution in [3.05, 3.63) is 29.1 Å². The molecule has 7 nitrogen and oxygen atoms in total. The van der Waals surface area contributed by atoms with Crippen LogP contribution in [0.2, 0.25) is 0 Å². The van der Waals surface area contributed by atoms with Crippen LogP contribution in [0.15, 0.2) is 22.2 Å². The molecule has 22 heavy (non-hydrogen) atoms. The number of carbonyl (C=O) groups excluding carboxylic acids is 2. The average Bonchev–Trinajstić information content (AvgIpc) is 3.04. The summed E-state index contributed by atoms with van der Waals surface area (Å²) in [4.78, 5) is 31.9. The molecule has 0 aromatic carbocycles.